The van der Waals surface area contributed by atoms with Crippen LogP contribution in [0, 0.1) is 0 Å². The van der Waals surface area contributed by atoms with E-state index in [1.165, 1.54) is 45.6 Å². The van der Waals surface area contributed by atoms with Gasteiger partial charge in [-0.2, -0.15) is 0 Å². The van der Waals surface area contributed by atoms with Crippen molar-refractivity contribution < 1.29 is 28.5 Å². The van der Waals surface area contributed by atoms with Gasteiger partial charge >= 0.3 is 5.97 Å². The predicted octanol–water partition coefficient (Wildman–Crippen LogP) is 3.11. The molecule has 0 aliphatic rings. The van der Waals surface area contributed by atoms with Crippen molar-refractivity contribution in [2.45, 2.75) is 6.92 Å². The normalized spacial score (nSPS) is 10.6. The number of esters is 1. The summed E-state index contributed by atoms with van der Waals surface area (Å²) < 4.78 is 21.3. The van der Waals surface area contributed by atoms with Crippen LogP contribution in [0.4, 0.5) is 0 Å². The molecule has 1 aromatic heterocycles. The molecule has 3 rings (SSSR count). The number of ether oxygens (including phenoxy) is 3. The molecule has 1 N–H and O–H groups in total. The SMILES string of the molecule is COc1c(OC(C)=O)cc(OC)c2c(=O)c(-c3ccc(O)cc3)coc12. The highest BCUT2D eigenvalue weighted by atomic mass is 16.6. The van der Waals surface area contributed by atoms with E-state index in [0.717, 1.165) is 0 Å². The summed E-state index contributed by atoms with van der Waals surface area (Å²) in [6.45, 7) is 1.25. The molecule has 0 aliphatic heterocycles. The lowest BCUT2D eigenvalue weighted by atomic mass is 10.0. The Hall–Kier alpha value is -3.48. The zero-order valence-electron chi connectivity index (χ0n) is 14.4. The Balaban J connectivity index is 2.33. The molecule has 0 spiro atoms. The van der Waals surface area contributed by atoms with Gasteiger partial charge in [0.05, 0.1) is 19.8 Å². The predicted molar refractivity (Wildman–Crippen MR) is 94.0 cm³/mol. The molecule has 0 aliphatic carbocycles. The van der Waals surface area contributed by atoms with E-state index >= 15 is 0 Å². The lowest BCUT2D eigenvalue weighted by molar-refractivity contribution is -0.132. The fourth-order valence-corrected chi connectivity index (χ4v) is 2.65. The molecule has 2 aromatic carbocycles. The van der Waals surface area contributed by atoms with Crippen LogP contribution >= 0.6 is 0 Å². The molecule has 0 saturated heterocycles. The summed E-state index contributed by atoms with van der Waals surface area (Å²) in [5.41, 5.74) is 0.624. The second-order valence-electron chi connectivity index (χ2n) is 5.43. The molecule has 26 heavy (non-hydrogen) atoms. The van der Waals surface area contributed by atoms with Crippen LogP contribution in [0.1, 0.15) is 6.92 Å². The third-order valence-electron chi connectivity index (χ3n) is 3.79. The van der Waals surface area contributed by atoms with Gasteiger partial charge in [0.15, 0.2) is 11.3 Å². The first-order chi connectivity index (χ1) is 12.5. The summed E-state index contributed by atoms with van der Waals surface area (Å²) in [6, 6.07) is 7.55. The lowest BCUT2D eigenvalue weighted by Gasteiger charge is -2.13. The van der Waals surface area contributed by atoms with Crippen molar-refractivity contribution in [3.8, 4) is 34.1 Å². The Morgan fingerprint density at radius 3 is 2.35 bits per heavy atom. The van der Waals surface area contributed by atoms with Gasteiger partial charge in [-0.1, -0.05) is 12.1 Å². The number of hydrogen-bond acceptors (Lipinski definition) is 7. The van der Waals surface area contributed by atoms with Crippen LogP contribution in [-0.2, 0) is 4.79 Å². The van der Waals surface area contributed by atoms with Gasteiger partial charge in [-0.05, 0) is 17.7 Å². The van der Waals surface area contributed by atoms with Crippen LogP contribution in [0.2, 0.25) is 0 Å². The maximum atomic E-state index is 13.0. The molecule has 0 bridgehead atoms. The monoisotopic (exact) mass is 356 g/mol. The topological polar surface area (TPSA) is 95.2 Å². The Bertz CT molecular complexity index is 1030. The molecule has 0 fully saturated rings. The second kappa shape index (κ2) is 6.79. The maximum Gasteiger partial charge on any atom is 0.308 e. The van der Waals surface area contributed by atoms with Crippen LogP contribution in [0.3, 0.4) is 0 Å². The van der Waals surface area contributed by atoms with Gasteiger partial charge in [0.25, 0.3) is 0 Å². The number of methoxy groups -OCH3 is 2. The van der Waals surface area contributed by atoms with Gasteiger partial charge in [-0.3, -0.25) is 9.59 Å². The number of carbonyl (C=O) groups excluding carboxylic acids is 1. The second-order valence-corrected chi connectivity index (χ2v) is 5.43. The molecule has 134 valence electrons. The summed E-state index contributed by atoms with van der Waals surface area (Å²) in [4.78, 5) is 24.3. The van der Waals surface area contributed by atoms with Crippen molar-refractivity contribution >= 4 is 16.9 Å². The number of hydrogen-bond donors (Lipinski definition) is 1. The number of fused-ring (bicyclic) bond motifs is 1. The number of carbonyl (C=O) groups is 1. The van der Waals surface area contributed by atoms with E-state index in [2.05, 4.69) is 0 Å². The molecule has 0 amide bonds. The molecular weight excluding hydrogens is 340 g/mol. The van der Waals surface area contributed by atoms with Crippen molar-refractivity contribution in [2.75, 3.05) is 14.2 Å². The quantitative estimate of drug-likeness (QED) is 0.567. The Morgan fingerprint density at radius 1 is 1.08 bits per heavy atom. The average molecular weight is 356 g/mol. The third kappa shape index (κ3) is 2.95. The van der Waals surface area contributed by atoms with Crippen molar-refractivity contribution in [3.63, 3.8) is 0 Å². The number of phenols is 1. The fraction of sp³-hybridized carbons (Fsp3) is 0.158. The van der Waals surface area contributed by atoms with Gasteiger partial charge in [0.2, 0.25) is 11.2 Å². The molecule has 3 aromatic rings. The first kappa shape index (κ1) is 17.3. The average Bonchev–Trinajstić information content (AvgIpc) is 2.61. The minimum Gasteiger partial charge on any atom is -0.508 e. The first-order valence-corrected chi connectivity index (χ1v) is 7.64. The molecule has 0 unspecified atom stereocenters. The van der Waals surface area contributed by atoms with E-state index in [1.54, 1.807) is 12.1 Å². The summed E-state index contributed by atoms with van der Waals surface area (Å²) >= 11 is 0. The van der Waals surface area contributed by atoms with Crippen LogP contribution in [0.15, 0.2) is 45.8 Å². The molecule has 7 nitrogen and oxygen atoms in total. The highest BCUT2D eigenvalue weighted by molar-refractivity contribution is 5.94. The Morgan fingerprint density at radius 2 is 1.77 bits per heavy atom. The molecule has 0 atom stereocenters. The van der Waals surface area contributed by atoms with Crippen LogP contribution in [0.25, 0.3) is 22.1 Å². The summed E-state index contributed by atoms with van der Waals surface area (Å²) in [5.74, 6) is -0.0707. The highest BCUT2D eigenvalue weighted by Gasteiger charge is 2.22. The van der Waals surface area contributed by atoms with Crippen molar-refractivity contribution in [2.24, 2.45) is 0 Å². The minimum atomic E-state index is -0.548. The number of rotatable bonds is 4. The summed E-state index contributed by atoms with van der Waals surface area (Å²) in [7, 11) is 2.77. The standard InChI is InChI=1S/C19H16O7/c1-10(20)26-15-8-14(23-2)16-17(22)13(9-25-19(16)18(15)24-3)11-4-6-12(21)7-5-11/h4-9,21H,1-3H3. The Kier molecular flexibility index (Phi) is 4.53. The van der Waals surface area contributed by atoms with Crippen LogP contribution in [-0.4, -0.2) is 25.3 Å². The maximum absolute atomic E-state index is 13.0. The van der Waals surface area contributed by atoms with E-state index in [0.29, 0.717) is 5.56 Å². The van der Waals surface area contributed by atoms with Crippen molar-refractivity contribution in [1.29, 1.82) is 0 Å². The van der Waals surface area contributed by atoms with E-state index in [1.807, 2.05) is 0 Å². The zero-order chi connectivity index (χ0) is 18.8. The first-order valence-electron chi connectivity index (χ1n) is 7.64. The number of benzene rings is 2. The highest BCUT2D eigenvalue weighted by Crippen LogP contribution is 2.41. The van der Waals surface area contributed by atoms with Gasteiger partial charge in [0, 0.05) is 13.0 Å². The zero-order valence-corrected chi connectivity index (χ0v) is 14.4. The van der Waals surface area contributed by atoms with Gasteiger partial charge < -0.3 is 23.7 Å². The van der Waals surface area contributed by atoms with E-state index in [-0.39, 0.29) is 45.0 Å². The van der Waals surface area contributed by atoms with E-state index < -0.39 is 5.97 Å². The van der Waals surface area contributed by atoms with E-state index in [9.17, 15) is 14.7 Å². The smallest absolute Gasteiger partial charge is 0.308 e. The van der Waals surface area contributed by atoms with Gasteiger partial charge in [0.1, 0.15) is 23.1 Å². The summed E-state index contributed by atoms with van der Waals surface area (Å²) in [6.07, 6.45) is 1.29. The molecular formula is C19H16O7. The largest absolute Gasteiger partial charge is 0.508 e. The third-order valence-corrected chi connectivity index (χ3v) is 3.79. The van der Waals surface area contributed by atoms with Gasteiger partial charge in [-0.25, -0.2) is 0 Å². The van der Waals surface area contributed by atoms with Crippen molar-refractivity contribution in [3.05, 3.63) is 46.8 Å². The number of aromatic hydroxyl groups is 1. The molecule has 0 radical (unpaired) electrons. The summed E-state index contributed by atoms with van der Waals surface area (Å²) in [5, 5.41) is 9.58. The lowest BCUT2D eigenvalue weighted by Crippen LogP contribution is -2.09. The Labute approximate surface area is 148 Å². The molecule has 1 heterocycles. The van der Waals surface area contributed by atoms with Crippen molar-refractivity contribution in [1.82, 2.24) is 0 Å². The fourth-order valence-electron chi connectivity index (χ4n) is 2.65. The minimum absolute atomic E-state index is 0.0872. The van der Waals surface area contributed by atoms with E-state index in [4.69, 9.17) is 18.6 Å². The van der Waals surface area contributed by atoms with Crippen LogP contribution in [0.5, 0.6) is 23.0 Å². The van der Waals surface area contributed by atoms with Gasteiger partial charge in [-0.15, -0.1) is 0 Å². The number of phenolic OH excluding ortho intramolecular Hbond substituents is 1. The molecule has 7 heteroatoms. The molecule has 0 saturated carbocycles. The van der Waals surface area contributed by atoms with Crippen LogP contribution < -0.4 is 19.6 Å².